The molecule has 4 heteroatoms. The predicted octanol–water partition coefficient (Wildman–Crippen LogP) is 4.67. The van der Waals surface area contributed by atoms with Crippen LogP contribution in [-0.2, 0) is 0 Å². The molecule has 3 N–H and O–H groups in total. The molecule has 0 saturated heterocycles. The highest BCUT2D eigenvalue weighted by molar-refractivity contribution is 5.90. The largest absolute Gasteiger partial charge is 0.423 e. The normalized spacial score (nSPS) is 11.6. The van der Waals surface area contributed by atoms with Gasteiger partial charge in [-0.05, 0) is 48.5 Å². The van der Waals surface area contributed by atoms with Crippen LogP contribution < -0.4 is 15.4 Å². The fourth-order valence-electron chi connectivity index (χ4n) is 3.18. The van der Waals surface area contributed by atoms with Gasteiger partial charge in [-0.1, -0.05) is 36.4 Å². The monoisotopic (exact) mass is 381 g/mol. The number of ether oxygens (including phenoxy) is 1. The van der Waals surface area contributed by atoms with Gasteiger partial charge in [-0.15, -0.1) is 0 Å². The lowest BCUT2D eigenvalue weighted by Crippen LogP contribution is -2.96. The van der Waals surface area contributed by atoms with Crippen LogP contribution in [0.5, 0.6) is 5.75 Å². The summed E-state index contributed by atoms with van der Waals surface area (Å²) in [6.45, 7) is 0. The van der Waals surface area contributed by atoms with Gasteiger partial charge < -0.3 is 10.5 Å². The zero-order valence-corrected chi connectivity index (χ0v) is 15.8. The van der Waals surface area contributed by atoms with Crippen LogP contribution in [0.1, 0.15) is 10.4 Å². The number of benzene rings is 4. The van der Waals surface area contributed by atoms with Crippen molar-refractivity contribution in [3.8, 4) is 5.75 Å². The predicted molar refractivity (Wildman–Crippen MR) is 115 cm³/mol. The van der Waals surface area contributed by atoms with E-state index < -0.39 is 0 Å². The molecule has 0 aliphatic heterocycles. The Bertz CT molecular complexity index is 1080. The summed E-state index contributed by atoms with van der Waals surface area (Å²) >= 11 is 0. The maximum absolute atomic E-state index is 12.3. The molecule has 0 amide bonds. The van der Waals surface area contributed by atoms with E-state index in [2.05, 4.69) is 12.1 Å². The van der Waals surface area contributed by atoms with Crippen LogP contribution in [0.3, 0.4) is 0 Å². The van der Waals surface area contributed by atoms with E-state index in [1.165, 1.54) is 0 Å². The number of carbonyl (C=O) groups is 1. The molecular formula is C25H21N2O2+. The van der Waals surface area contributed by atoms with E-state index in [9.17, 15) is 4.79 Å². The summed E-state index contributed by atoms with van der Waals surface area (Å²) < 4.78 is 5.50. The van der Waals surface area contributed by atoms with E-state index in [0.717, 1.165) is 27.6 Å². The van der Waals surface area contributed by atoms with Crippen molar-refractivity contribution >= 4 is 28.7 Å². The Morgan fingerprint density at radius 2 is 1.10 bits per heavy atom. The topological polar surface area (TPSA) is 56.8 Å². The van der Waals surface area contributed by atoms with Crippen molar-refractivity contribution in [1.29, 1.82) is 0 Å². The number of carbonyl (C=O) groups excluding carboxylic acids is 1. The highest BCUT2D eigenvalue weighted by Gasteiger charge is 2.19. The smallest absolute Gasteiger partial charge is 0.343 e. The third kappa shape index (κ3) is 4.34. The Kier molecular flexibility index (Phi) is 5.36. The second-order valence-electron chi connectivity index (χ2n) is 6.64. The molecule has 1 unspecified atom stereocenters. The number of quaternary nitrogens is 1. The number of hydrogen-bond acceptors (Lipinski definition) is 3. The lowest BCUT2D eigenvalue weighted by molar-refractivity contribution is -0.681. The molecule has 1 atom stereocenters. The first kappa shape index (κ1) is 18.5. The van der Waals surface area contributed by atoms with Crippen LogP contribution >= 0.6 is 0 Å². The third-order valence-corrected chi connectivity index (χ3v) is 4.62. The number of nitrogens with two attached hydrogens (primary N) is 1. The Hall–Kier alpha value is -3.89. The summed E-state index contributed by atoms with van der Waals surface area (Å²) in [5.74, 6) is 0.136. The molecule has 4 aromatic rings. The Labute approximate surface area is 169 Å². The lowest BCUT2D eigenvalue weighted by Gasteiger charge is -2.18. The second kappa shape index (κ2) is 8.42. The van der Waals surface area contributed by atoms with E-state index in [0.29, 0.717) is 11.3 Å². The first-order valence-electron chi connectivity index (χ1n) is 9.37. The van der Waals surface area contributed by atoms with Crippen molar-refractivity contribution in [2.24, 2.45) is 0 Å². The van der Waals surface area contributed by atoms with Gasteiger partial charge in [0.15, 0.2) is 0 Å². The average Bonchev–Trinajstić information content (AvgIpc) is 2.78. The number of hydrogen-bond donors (Lipinski definition) is 2. The van der Waals surface area contributed by atoms with Crippen LogP contribution in [-0.4, -0.2) is 5.97 Å². The van der Waals surface area contributed by atoms with Crippen LogP contribution in [0.15, 0.2) is 109 Å². The van der Waals surface area contributed by atoms with E-state index in [1.54, 1.807) is 12.1 Å². The number of esters is 1. The van der Waals surface area contributed by atoms with Crippen molar-refractivity contribution in [3.63, 3.8) is 0 Å². The molecule has 0 aliphatic rings. The lowest BCUT2D eigenvalue weighted by atomic mass is 10.2. The van der Waals surface area contributed by atoms with Gasteiger partial charge in [0, 0.05) is 30.0 Å². The van der Waals surface area contributed by atoms with Crippen LogP contribution in [0, 0.1) is 0 Å². The molecule has 0 spiro atoms. The van der Waals surface area contributed by atoms with Crippen LogP contribution in [0.25, 0.3) is 0 Å². The number of nitrogens with one attached hydrogen (secondary N) is 1. The highest BCUT2D eigenvalue weighted by atomic mass is 16.5. The zero-order chi connectivity index (χ0) is 20.1. The maximum atomic E-state index is 12.3. The van der Waals surface area contributed by atoms with Gasteiger partial charge in [-0.3, -0.25) is 0 Å². The van der Waals surface area contributed by atoms with Gasteiger partial charge >= 0.3 is 5.97 Å². The molecule has 4 rings (SSSR count). The van der Waals surface area contributed by atoms with Crippen molar-refractivity contribution in [3.05, 3.63) is 115 Å². The average molecular weight is 381 g/mol. The minimum atomic E-state index is -0.371. The highest BCUT2D eigenvalue weighted by Crippen LogP contribution is 2.20. The number of para-hydroxylation sites is 1. The standard InChI is InChI=1S/C25H20N2O2/c26-20-11-13-22(14-12-20)27(21-9-5-2-6-10-21)23-15-17-24(18-16-23)29-25(28)19-7-3-1-4-8-19/h1-18H,26H2/p+1. The summed E-state index contributed by atoms with van der Waals surface area (Å²) in [5, 5.41) is 0. The summed E-state index contributed by atoms with van der Waals surface area (Å²) in [5.41, 5.74) is 10.3. The quantitative estimate of drug-likeness (QED) is 0.300. The van der Waals surface area contributed by atoms with E-state index in [-0.39, 0.29) is 5.97 Å². The minimum absolute atomic E-state index is 0.371. The molecule has 0 bridgehead atoms. The first-order chi connectivity index (χ1) is 14.2. The van der Waals surface area contributed by atoms with E-state index in [4.69, 9.17) is 10.5 Å². The molecule has 4 aromatic carbocycles. The summed E-state index contributed by atoms with van der Waals surface area (Å²) in [6, 6.07) is 34.5. The van der Waals surface area contributed by atoms with Crippen molar-refractivity contribution in [2.75, 3.05) is 5.73 Å². The van der Waals surface area contributed by atoms with Crippen LogP contribution in [0.2, 0.25) is 0 Å². The second-order valence-corrected chi connectivity index (χ2v) is 6.64. The molecule has 0 saturated carbocycles. The molecule has 142 valence electrons. The molecule has 0 aliphatic carbocycles. The molecular weight excluding hydrogens is 360 g/mol. The molecule has 0 aromatic heterocycles. The molecule has 4 nitrogen and oxygen atoms in total. The van der Waals surface area contributed by atoms with Gasteiger partial charge in [0.25, 0.3) is 0 Å². The fraction of sp³-hybridized carbons (Fsp3) is 0. The van der Waals surface area contributed by atoms with Gasteiger partial charge in [0.1, 0.15) is 22.8 Å². The van der Waals surface area contributed by atoms with Gasteiger partial charge in [0.2, 0.25) is 0 Å². The molecule has 0 heterocycles. The van der Waals surface area contributed by atoms with Gasteiger partial charge in [0.05, 0.1) is 5.56 Å². The van der Waals surface area contributed by atoms with E-state index in [1.807, 2.05) is 84.9 Å². The number of anilines is 1. The molecule has 0 radical (unpaired) electrons. The first-order valence-corrected chi connectivity index (χ1v) is 9.37. The van der Waals surface area contributed by atoms with Gasteiger partial charge in [-0.25, -0.2) is 9.69 Å². The minimum Gasteiger partial charge on any atom is -0.423 e. The Morgan fingerprint density at radius 1 is 0.621 bits per heavy atom. The van der Waals surface area contributed by atoms with Crippen LogP contribution in [0.4, 0.5) is 22.7 Å². The van der Waals surface area contributed by atoms with Crippen molar-refractivity contribution < 1.29 is 14.4 Å². The Balaban J connectivity index is 1.62. The number of rotatable bonds is 5. The summed E-state index contributed by atoms with van der Waals surface area (Å²) in [6.07, 6.45) is 0. The molecule has 29 heavy (non-hydrogen) atoms. The summed E-state index contributed by atoms with van der Waals surface area (Å²) in [7, 11) is 0. The zero-order valence-electron chi connectivity index (χ0n) is 15.8. The SMILES string of the molecule is Nc1ccc([NH+](c2ccccc2)c2ccc(OC(=O)c3ccccc3)cc2)cc1. The van der Waals surface area contributed by atoms with E-state index >= 15 is 0 Å². The van der Waals surface area contributed by atoms with Crippen molar-refractivity contribution in [2.45, 2.75) is 0 Å². The fourth-order valence-corrected chi connectivity index (χ4v) is 3.18. The molecule has 0 fully saturated rings. The maximum Gasteiger partial charge on any atom is 0.343 e. The van der Waals surface area contributed by atoms with Gasteiger partial charge in [-0.2, -0.15) is 0 Å². The van der Waals surface area contributed by atoms with Crippen molar-refractivity contribution in [1.82, 2.24) is 0 Å². The third-order valence-electron chi connectivity index (χ3n) is 4.62. The Morgan fingerprint density at radius 3 is 1.69 bits per heavy atom. The number of nitrogen functional groups attached to an aromatic ring is 1. The summed E-state index contributed by atoms with van der Waals surface area (Å²) in [4.78, 5) is 13.4.